The number of hydrogen-bond acceptors (Lipinski definition) is 3. The molecule has 1 aliphatic rings. The lowest BCUT2D eigenvalue weighted by Gasteiger charge is -2.17. The molecule has 3 rings (SSSR count). The molecule has 96 valence electrons. The molecule has 2 aromatic rings. The Balaban J connectivity index is 1.78. The lowest BCUT2D eigenvalue weighted by Crippen LogP contribution is -2.11. The van der Waals surface area contributed by atoms with Crippen LogP contribution in [-0.2, 0) is 6.42 Å². The molecule has 0 saturated heterocycles. The number of ether oxygens (including phenoxy) is 2. The van der Waals surface area contributed by atoms with E-state index in [1.54, 1.807) is 18.2 Å². The molecule has 0 radical (unpaired) electrons. The monoisotopic (exact) mass is 254 g/mol. The van der Waals surface area contributed by atoms with E-state index >= 15 is 0 Å². The number of carbonyl (C=O) groups excluding carboxylic acids is 1. The lowest BCUT2D eigenvalue weighted by atomic mass is 10.1. The largest absolute Gasteiger partial charge is 0.493 e. The summed E-state index contributed by atoms with van der Waals surface area (Å²) in [5.41, 5.74) is 1.71. The van der Waals surface area contributed by atoms with E-state index in [1.807, 2.05) is 30.3 Å². The third-order valence-electron chi connectivity index (χ3n) is 3.11. The molecule has 0 spiro atoms. The van der Waals surface area contributed by atoms with E-state index in [4.69, 9.17) is 9.47 Å². The highest BCUT2D eigenvalue weighted by Crippen LogP contribution is 2.29. The van der Waals surface area contributed by atoms with Gasteiger partial charge in [0.15, 0.2) is 0 Å². The van der Waals surface area contributed by atoms with Crippen molar-refractivity contribution in [2.24, 2.45) is 0 Å². The highest BCUT2D eigenvalue weighted by Gasteiger charge is 2.13. The Kier molecular flexibility index (Phi) is 3.19. The Morgan fingerprint density at radius 2 is 1.95 bits per heavy atom. The first kappa shape index (κ1) is 11.8. The predicted octanol–water partition coefficient (Wildman–Crippen LogP) is 3.23. The van der Waals surface area contributed by atoms with Crippen LogP contribution in [-0.4, -0.2) is 12.6 Å². The van der Waals surface area contributed by atoms with Crippen LogP contribution in [0.1, 0.15) is 22.3 Å². The molecule has 0 aliphatic carbocycles. The Morgan fingerprint density at radius 3 is 2.79 bits per heavy atom. The summed E-state index contributed by atoms with van der Waals surface area (Å²) in [5.74, 6) is 0.996. The summed E-state index contributed by atoms with van der Waals surface area (Å²) in [6.45, 7) is 0.725. The second-order valence-corrected chi connectivity index (χ2v) is 4.48. The maximum absolute atomic E-state index is 11.9. The van der Waals surface area contributed by atoms with Crippen LogP contribution in [0.15, 0.2) is 48.5 Å². The smallest absolute Gasteiger partial charge is 0.343 e. The Bertz CT molecular complexity index is 590. The van der Waals surface area contributed by atoms with Crippen molar-refractivity contribution in [1.29, 1.82) is 0 Å². The minimum absolute atomic E-state index is 0.351. The van der Waals surface area contributed by atoms with Gasteiger partial charge < -0.3 is 9.47 Å². The molecule has 3 nitrogen and oxygen atoms in total. The van der Waals surface area contributed by atoms with E-state index in [2.05, 4.69) is 0 Å². The molecule has 0 bridgehead atoms. The number of esters is 1. The second-order valence-electron chi connectivity index (χ2n) is 4.48. The third-order valence-corrected chi connectivity index (χ3v) is 3.11. The molecule has 0 atom stereocenters. The summed E-state index contributed by atoms with van der Waals surface area (Å²) >= 11 is 0. The summed E-state index contributed by atoms with van der Waals surface area (Å²) < 4.78 is 10.9. The molecule has 2 aromatic carbocycles. The molecule has 0 fully saturated rings. The van der Waals surface area contributed by atoms with Gasteiger partial charge in [-0.3, -0.25) is 0 Å². The van der Waals surface area contributed by atoms with Crippen molar-refractivity contribution >= 4 is 5.97 Å². The van der Waals surface area contributed by atoms with Crippen molar-refractivity contribution < 1.29 is 14.3 Å². The summed E-state index contributed by atoms with van der Waals surface area (Å²) in [6.07, 6.45) is 2.05. The fourth-order valence-corrected chi connectivity index (χ4v) is 2.12. The molecule has 0 saturated carbocycles. The van der Waals surface area contributed by atoms with Crippen LogP contribution in [0.3, 0.4) is 0 Å². The molecule has 3 heteroatoms. The average molecular weight is 254 g/mol. The molecule has 0 aromatic heterocycles. The van der Waals surface area contributed by atoms with E-state index in [0.717, 1.165) is 25.2 Å². The van der Waals surface area contributed by atoms with Crippen LogP contribution in [0.5, 0.6) is 11.5 Å². The fourth-order valence-electron chi connectivity index (χ4n) is 2.12. The van der Waals surface area contributed by atoms with Crippen molar-refractivity contribution in [3.63, 3.8) is 0 Å². The van der Waals surface area contributed by atoms with Crippen molar-refractivity contribution in [2.75, 3.05) is 6.61 Å². The zero-order valence-electron chi connectivity index (χ0n) is 10.5. The van der Waals surface area contributed by atoms with E-state index in [0.29, 0.717) is 11.3 Å². The van der Waals surface area contributed by atoms with Crippen LogP contribution < -0.4 is 9.47 Å². The summed E-state index contributed by atoms with van der Waals surface area (Å²) in [7, 11) is 0. The molecule has 0 unspecified atom stereocenters. The number of hydrogen-bond donors (Lipinski definition) is 0. The van der Waals surface area contributed by atoms with Crippen LogP contribution in [0.2, 0.25) is 0 Å². The zero-order valence-corrected chi connectivity index (χ0v) is 10.5. The van der Waals surface area contributed by atoms with Gasteiger partial charge in [-0.05, 0) is 36.6 Å². The van der Waals surface area contributed by atoms with Crippen molar-refractivity contribution in [3.05, 3.63) is 59.7 Å². The Morgan fingerprint density at radius 1 is 1.11 bits per heavy atom. The van der Waals surface area contributed by atoms with Gasteiger partial charge in [-0.2, -0.15) is 0 Å². The number of rotatable bonds is 2. The van der Waals surface area contributed by atoms with Gasteiger partial charge in [0.05, 0.1) is 12.2 Å². The number of benzene rings is 2. The summed E-state index contributed by atoms with van der Waals surface area (Å²) in [5, 5.41) is 0. The van der Waals surface area contributed by atoms with Crippen molar-refractivity contribution in [2.45, 2.75) is 12.8 Å². The number of aryl methyl sites for hydroxylation is 1. The lowest BCUT2D eigenvalue weighted by molar-refractivity contribution is 0.0734. The SMILES string of the molecule is O=C(Oc1ccc2c(c1)OCCC2)c1ccccc1. The highest BCUT2D eigenvalue weighted by atomic mass is 16.5. The van der Waals surface area contributed by atoms with Crippen molar-refractivity contribution in [1.82, 2.24) is 0 Å². The van der Waals surface area contributed by atoms with E-state index in [9.17, 15) is 4.79 Å². The van der Waals surface area contributed by atoms with Crippen LogP contribution in [0, 0.1) is 0 Å². The van der Waals surface area contributed by atoms with E-state index in [-0.39, 0.29) is 5.97 Å². The van der Waals surface area contributed by atoms with E-state index in [1.165, 1.54) is 5.56 Å². The minimum atomic E-state index is -0.351. The van der Waals surface area contributed by atoms with Gasteiger partial charge in [0.25, 0.3) is 0 Å². The van der Waals surface area contributed by atoms with Gasteiger partial charge in [-0.1, -0.05) is 24.3 Å². The topological polar surface area (TPSA) is 35.5 Å². The molecule has 1 heterocycles. The molecule has 0 N–H and O–H groups in total. The van der Waals surface area contributed by atoms with Crippen LogP contribution >= 0.6 is 0 Å². The summed E-state index contributed by atoms with van der Waals surface area (Å²) in [4.78, 5) is 11.9. The Hall–Kier alpha value is -2.29. The van der Waals surface area contributed by atoms with Gasteiger partial charge in [-0.25, -0.2) is 4.79 Å². The highest BCUT2D eigenvalue weighted by molar-refractivity contribution is 5.91. The van der Waals surface area contributed by atoms with Gasteiger partial charge in [0.2, 0.25) is 0 Å². The number of fused-ring (bicyclic) bond motifs is 1. The maximum Gasteiger partial charge on any atom is 0.343 e. The van der Waals surface area contributed by atoms with Gasteiger partial charge >= 0.3 is 5.97 Å². The van der Waals surface area contributed by atoms with Gasteiger partial charge in [0.1, 0.15) is 11.5 Å². The van der Waals surface area contributed by atoms with Crippen molar-refractivity contribution in [3.8, 4) is 11.5 Å². The van der Waals surface area contributed by atoms with Gasteiger partial charge in [0, 0.05) is 6.07 Å². The fraction of sp³-hybridized carbons (Fsp3) is 0.188. The quantitative estimate of drug-likeness (QED) is 0.609. The minimum Gasteiger partial charge on any atom is -0.493 e. The Labute approximate surface area is 111 Å². The molecule has 1 aliphatic heterocycles. The standard InChI is InChI=1S/C16H14O3/c17-16(13-5-2-1-3-6-13)19-14-9-8-12-7-4-10-18-15(12)11-14/h1-3,5-6,8-9,11H,4,7,10H2. The normalized spacial score (nSPS) is 13.3. The first-order chi connectivity index (χ1) is 9.33. The molecular weight excluding hydrogens is 240 g/mol. The molecular formula is C16H14O3. The third kappa shape index (κ3) is 2.60. The van der Waals surface area contributed by atoms with Crippen LogP contribution in [0.4, 0.5) is 0 Å². The van der Waals surface area contributed by atoms with E-state index < -0.39 is 0 Å². The number of carbonyl (C=O) groups is 1. The van der Waals surface area contributed by atoms with Gasteiger partial charge in [-0.15, -0.1) is 0 Å². The first-order valence-corrected chi connectivity index (χ1v) is 6.36. The zero-order chi connectivity index (χ0) is 13.1. The first-order valence-electron chi connectivity index (χ1n) is 6.36. The maximum atomic E-state index is 11.9. The predicted molar refractivity (Wildman–Crippen MR) is 71.7 cm³/mol. The molecule has 0 amide bonds. The molecule has 19 heavy (non-hydrogen) atoms. The van der Waals surface area contributed by atoms with Crippen LogP contribution in [0.25, 0.3) is 0 Å². The summed E-state index contributed by atoms with van der Waals surface area (Å²) in [6, 6.07) is 14.5. The second kappa shape index (κ2) is 5.14. The average Bonchev–Trinajstić information content (AvgIpc) is 2.48.